The standard InChI is InChI=1S/C24H19F3N2O6S/c25-24(26,27)35-21-11-9-19(10-12-21)28-22(30)16-34-23(31)18-7-4-8-20(15-18)29-36(32,33)14-13-17-5-2-1-3-6-17/h1-15,29H,16H2,(H,28,30)/b14-13+. The highest BCUT2D eigenvalue weighted by atomic mass is 32.2. The van der Waals surface area contributed by atoms with Crippen molar-refractivity contribution in [3.8, 4) is 5.75 Å². The van der Waals surface area contributed by atoms with Gasteiger partial charge < -0.3 is 14.8 Å². The number of halogens is 3. The number of ether oxygens (including phenoxy) is 2. The average molecular weight is 520 g/mol. The van der Waals surface area contributed by atoms with E-state index in [1.54, 1.807) is 30.3 Å². The van der Waals surface area contributed by atoms with Gasteiger partial charge in [-0.15, -0.1) is 13.2 Å². The van der Waals surface area contributed by atoms with Crippen molar-refractivity contribution in [2.45, 2.75) is 6.36 Å². The van der Waals surface area contributed by atoms with Crippen molar-refractivity contribution in [1.29, 1.82) is 0 Å². The zero-order chi connectivity index (χ0) is 26.2. The Labute approximate surface area is 204 Å². The number of carbonyl (C=O) groups is 2. The third kappa shape index (κ3) is 8.80. The van der Waals surface area contributed by atoms with E-state index in [2.05, 4.69) is 14.8 Å². The fraction of sp³-hybridized carbons (Fsp3) is 0.0833. The maximum absolute atomic E-state index is 12.3. The van der Waals surface area contributed by atoms with Gasteiger partial charge in [0, 0.05) is 11.4 Å². The molecule has 0 spiro atoms. The summed E-state index contributed by atoms with van der Waals surface area (Å²) in [6.07, 6.45) is -3.43. The largest absolute Gasteiger partial charge is 0.573 e. The molecule has 36 heavy (non-hydrogen) atoms. The minimum atomic E-state index is -4.84. The highest BCUT2D eigenvalue weighted by molar-refractivity contribution is 7.95. The summed E-state index contributed by atoms with van der Waals surface area (Å²) in [6.45, 7) is -0.685. The SMILES string of the molecule is O=C(COC(=O)c1cccc(NS(=O)(=O)/C=C/c2ccccc2)c1)Nc1ccc(OC(F)(F)F)cc1. The number of benzene rings is 3. The number of amides is 1. The normalized spacial score (nSPS) is 11.6. The summed E-state index contributed by atoms with van der Waals surface area (Å²) in [4.78, 5) is 24.3. The van der Waals surface area contributed by atoms with Crippen LogP contribution in [0.5, 0.6) is 5.75 Å². The van der Waals surface area contributed by atoms with E-state index in [-0.39, 0.29) is 16.9 Å². The first-order chi connectivity index (χ1) is 17.0. The lowest BCUT2D eigenvalue weighted by atomic mass is 10.2. The van der Waals surface area contributed by atoms with Gasteiger partial charge in [0.1, 0.15) is 5.75 Å². The van der Waals surface area contributed by atoms with Crippen molar-refractivity contribution in [2.24, 2.45) is 0 Å². The number of sulfonamides is 1. The lowest BCUT2D eigenvalue weighted by molar-refractivity contribution is -0.274. The molecule has 0 aromatic heterocycles. The van der Waals surface area contributed by atoms with Crippen LogP contribution in [0.2, 0.25) is 0 Å². The van der Waals surface area contributed by atoms with Crippen LogP contribution >= 0.6 is 0 Å². The molecule has 8 nitrogen and oxygen atoms in total. The van der Waals surface area contributed by atoms with E-state index in [1.807, 2.05) is 0 Å². The third-order valence-electron chi connectivity index (χ3n) is 4.30. The first kappa shape index (κ1) is 26.3. The number of hydrogen-bond donors (Lipinski definition) is 2. The van der Waals surface area contributed by atoms with E-state index in [4.69, 9.17) is 4.74 Å². The summed E-state index contributed by atoms with van der Waals surface area (Å²) in [5.74, 6) is -2.09. The molecule has 0 fully saturated rings. The van der Waals surface area contributed by atoms with Crippen LogP contribution in [-0.2, 0) is 19.6 Å². The Morgan fingerprint density at radius 2 is 1.58 bits per heavy atom. The molecule has 3 rings (SSSR count). The highest BCUT2D eigenvalue weighted by Crippen LogP contribution is 2.24. The van der Waals surface area contributed by atoms with Gasteiger partial charge in [0.2, 0.25) is 0 Å². The van der Waals surface area contributed by atoms with E-state index < -0.39 is 40.6 Å². The topological polar surface area (TPSA) is 111 Å². The molecule has 3 aromatic rings. The fourth-order valence-electron chi connectivity index (χ4n) is 2.79. The Morgan fingerprint density at radius 3 is 2.25 bits per heavy atom. The minimum absolute atomic E-state index is 0.0105. The summed E-state index contributed by atoms with van der Waals surface area (Å²) >= 11 is 0. The molecule has 0 heterocycles. The van der Waals surface area contributed by atoms with E-state index in [9.17, 15) is 31.2 Å². The lowest BCUT2D eigenvalue weighted by Gasteiger charge is -2.10. The predicted molar refractivity (Wildman–Crippen MR) is 126 cm³/mol. The van der Waals surface area contributed by atoms with Crippen molar-refractivity contribution in [2.75, 3.05) is 16.6 Å². The number of rotatable bonds is 9. The Kier molecular flexibility index (Phi) is 8.33. The van der Waals surface area contributed by atoms with Crippen molar-refractivity contribution < 1.29 is 40.7 Å². The monoisotopic (exact) mass is 520 g/mol. The van der Waals surface area contributed by atoms with Gasteiger partial charge in [0.25, 0.3) is 15.9 Å². The van der Waals surface area contributed by atoms with Crippen molar-refractivity contribution in [3.05, 3.63) is 95.4 Å². The molecule has 0 aliphatic heterocycles. The van der Waals surface area contributed by atoms with Crippen molar-refractivity contribution in [1.82, 2.24) is 0 Å². The van der Waals surface area contributed by atoms with Crippen LogP contribution in [0.25, 0.3) is 6.08 Å². The van der Waals surface area contributed by atoms with Gasteiger partial charge in [-0.2, -0.15) is 0 Å². The maximum atomic E-state index is 12.3. The predicted octanol–water partition coefficient (Wildman–Crippen LogP) is 4.79. The molecular formula is C24H19F3N2O6S. The molecule has 0 aliphatic rings. The Bertz CT molecular complexity index is 1340. The van der Waals surface area contributed by atoms with Gasteiger partial charge in [-0.25, -0.2) is 13.2 Å². The van der Waals surface area contributed by atoms with Gasteiger partial charge in [0.15, 0.2) is 6.61 Å². The second-order valence-corrected chi connectivity index (χ2v) is 8.70. The van der Waals surface area contributed by atoms with Gasteiger partial charge >= 0.3 is 12.3 Å². The average Bonchev–Trinajstić information content (AvgIpc) is 2.82. The number of alkyl halides is 3. The number of carbonyl (C=O) groups excluding carboxylic acids is 2. The molecule has 2 N–H and O–H groups in total. The first-order valence-electron chi connectivity index (χ1n) is 10.2. The van der Waals surface area contributed by atoms with Crippen LogP contribution in [0.15, 0.2) is 84.3 Å². The van der Waals surface area contributed by atoms with Crippen LogP contribution in [0.1, 0.15) is 15.9 Å². The minimum Gasteiger partial charge on any atom is -0.452 e. The van der Waals surface area contributed by atoms with Gasteiger partial charge in [0.05, 0.1) is 11.0 Å². The zero-order valence-electron chi connectivity index (χ0n) is 18.4. The van der Waals surface area contributed by atoms with E-state index in [0.29, 0.717) is 5.56 Å². The number of anilines is 2. The van der Waals surface area contributed by atoms with Crippen LogP contribution in [-0.4, -0.2) is 33.3 Å². The first-order valence-corrected chi connectivity index (χ1v) is 11.7. The third-order valence-corrected chi connectivity index (χ3v) is 5.32. The van der Waals surface area contributed by atoms with Crippen LogP contribution < -0.4 is 14.8 Å². The van der Waals surface area contributed by atoms with Gasteiger partial charge in [-0.3, -0.25) is 9.52 Å². The summed E-state index contributed by atoms with van der Waals surface area (Å²) in [6, 6.07) is 18.7. The summed E-state index contributed by atoms with van der Waals surface area (Å²) in [7, 11) is -3.87. The lowest BCUT2D eigenvalue weighted by Crippen LogP contribution is -2.21. The van der Waals surface area contributed by atoms with Crippen LogP contribution in [0.3, 0.4) is 0 Å². The second-order valence-electron chi connectivity index (χ2n) is 7.14. The van der Waals surface area contributed by atoms with E-state index in [0.717, 1.165) is 17.5 Å². The van der Waals surface area contributed by atoms with Crippen molar-refractivity contribution >= 4 is 39.4 Å². The Balaban J connectivity index is 1.53. The molecular weight excluding hydrogens is 501 g/mol. The summed E-state index contributed by atoms with van der Waals surface area (Å²) < 4.78 is 72.2. The number of esters is 1. The highest BCUT2D eigenvalue weighted by Gasteiger charge is 2.31. The molecule has 0 aliphatic carbocycles. The van der Waals surface area contributed by atoms with E-state index in [1.165, 1.54) is 42.5 Å². The molecule has 0 saturated heterocycles. The summed E-state index contributed by atoms with van der Waals surface area (Å²) in [5.41, 5.74) is 0.936. The maximum Gasteiger partial charge on any atom is 0.573 e. The van der Waals surface area contributed by atoms with Crippen LogP contribution in [0.4, 0.5) is 24.5 Å². The molecule has 0 unspecified atom stereocenters. The quantitative estimate of drug-likeness (QED) is 0.393. The molecule has 3 aromatic carbocycles. The fourth-order valence-corrected chi connectivity index (χ4v) is 3.65. The second kappa shape index (κ2) is 11.4. The smallest absolute Gasteiger partial charge is 0.452 e. The van der Waals surface area contributed by atoms with Crippen molar-refractivity contribution in [3.63, 3.8) is 0 Å². The molecule has 0 bridgehead atoms. The number of nitrogens with one attached hydrogen (secondary N) is 2. The zero-order valence-corrected chi connectivity index (χ0v) is 19.2. The number of hydrogen-bond acceptors (Lipinski definition) is 6. The van der Waals surface area contributed by atoms with Gasteiger partial charge in [-0.05, 0) is 54.1 Å². The molecule has 12 heteroatoms. The molecule has 0 radical (unpaired) electrons. The Hall–Kier alpha value is -4.32. The van der Waals surface area contributed by atoms with Gasteiger partial charge in [-0.1, -0.05) is 36.4 Å². The molecule has 0 saturated carbocycles. The Morgan fingerprint density at radius 1 is 0.889 bits per heavy atom. The summed E-state index contributed by atoms with van der Waals surface area (Å²) in [5, 5.41) is 3.34. The molecule has 188 valence electrons. The van der Waals surface area contributed by atoms with E-state index >= 15 is 0 Å². The molecule has 1 amide bonds. The molecule has 0 atom stereocenters. The van der Waals surface area contributed by atoms with Crippen LogP contribution in [0, 0.1) is 0 Å².